The summed E-state index contributed by atoms with van der Waals surface area (Å²) < 4.78 is 11.3. The van der Waals surface area contributed by atoms with Crippen molar-refractivity contribution >= 4 is 34.5 Å². The number of carbonyl (C=O) groups is 2. The van der Waals surface area contributed by atoms with Crippen molar-refractivity contribution in [1.29, 1.82) is 0 Å². The Morgan fingerprint density at radius 2 is 1.32 bits per heavy atom. The summed E-state index contributed by atoms with van der Waals surface area (Å²) in [5, 5.41) is 0. The van der Waals surface area contributed by atoms with Crippen molar-refractivity contribution < 1.29 is 19.1 Å². The molecule has 0 radical (unpaired) electrons. The number of H-pyrrole nitrogens is 2. The molecule has 3 atom stereocenters. The number of carbonyl (C=O) groups excluding carboxylic acids is 2. The van der Waals surface area contributed by atoms with Crippen LogP contribution in [-0.4, -0.2) is 82.2 Å². The van der Waals surface area contributed by atoms with Gasteiger partial charge in [0.2, 0.25) is 0 Å². The van der Waals surface area contributed by atoms with Crippen molar-refractivity contribution in [3.8, 4) is 22.3 Å². The van der Waals surface area contributed by atoms with Gasteiger partial charge >= 0.3 is 12.2 Å². The van der Waals surface area contributed by atoms with Crippen LogP contribution in [0.25, 0.3) is 44.6 Å². The quantitative estimate of drug-likeness (QED) is 0.197. The number of ether oxygens (including phenoxy) is 2. The number of nitrogens with zero attached hydrogens (tertiary/aromatic N) is 6. The highest BCUT2D eigenvalue weighted by atomic mass is 16.6. The van der Waals surface area contributed by atoms with Crippen LogP contribution < -0.4 is 0 Å². The predicted octanol–water partition coefficient (Wildman–Crippen LogP) is 7.68. The molecule has 0 spiro atoms. The smallest absolute Gasteiger partial charge is 0.410 e. The van der Waals surface area contributed by atoms with Gasteiger partial charge in [-0.2, -0.15) is 0 Å². The average Bonchev–Trinajstić information content (AvgIpc) is 3.39. The number of aromatic nitrogens is 6. The summed E-state index contributed by atoms with van der Waals surface area (Å²) in [4.78, 5) is 55.4. The molecule has 2 aliphatic heterocycles. The zero-order chi connectivity index (χ0) is 35.0. The number of nitrogens with one attached hydrogen (secondary N) is 2. The lowest BCUT2D eigenvalue weighted by molar-refractivity contribution is 0.0178. The molecule has 4 aromatic heterocycles. The third-order valence-electron chi connectivity index (χ3n) is 9.97. The van der Waals surface area contributed by atoms with E-state index in [1.54, 1.807) is 4.90 Å². The van der Waals surface area contributed by atoms with Gasteiger partial charge in [0, 0.05) is 42.7 Å². The molecule has 12 heteroatoms. The monoisotopic (exact) mass is 676 g/mol. The number of hydrogen-bond donors (Lipinski definition) is 2. The van der Waals surface area contributed by atoms with Crippen LogP contribution in [0.3, 0.4) is 0 Å². The third kappa shape index (κ3) is 5.94. The summed E-state index contributed by atoms with van der Waals surface area (Å²) in [5.41, 5.74) is 5.78. The number of benzene rings is 1. The van der Waals surface area contributed by atoms with Gasteiger partial charge in [-0.1, -0.05) is 24.3 Å². The Morgan fingerprint density at radius 3 is 1.94 bits per heavy atom. The van der Waals surface area contributed by atoms with Crippen molar-refractivity contribution in [3.05, 3.63) is 60.4 Å². The van der Waals surface area contributed by atoms with Gasteiger partial charge in [-0.25, -0.2) is 29.5 Å². The lowest BCUT2D eigenvalue weighted by Crippen LogP contribution is -2.44. The van der Waals surface area contributed by atoms with Crippen molar-refractivity contribution in [2.24, 2.45) is 0 Å². The summed E-state index contributed by atoms with van der Waals surface area (Å²) in [5.74, 6) is 1.63. The molecular weight excluding hydrogens is 632 g/mol. The molecular formula is C38H44N8O4. The van der Waals surface area contributed by atoms with E-state index in [0.29, 0.717) is 24.4 Å². The highest BCUT2D eigenvalue weighted by molar-refractivity contribution is 5.82. The first kappa shape index (κ1) is 32.2. The summed E-state index contributed by atoms with van der Waals surface area (Å²) in [7, 11) is 0. The second-order valence-electron chi connectivity index (χ2n) is 16.0. The fourth-order valence-electron chi connectivity index (χ4n) is 7.57. The zero-order valence-electron chi connectivity index (χ0n) is 29.5. The van der Waals surface area contributed by atoms with Gasteiger partial charge in [0.05, 0.1) is 22.5 Å². The van der Waals surface area contributed by atoms with Crippen molar-refractivity contribution in [2.75, 3.05) is 13.1 Å². The lowest BCUT2D eigenvalue weighted by Gasteiger charge is -2.32. The van der Waals surface area contributed by atoms with Gasteiger partial charge in [-0.3, -0.25) is 4.90 Å². The van der Waals surface area contributed by atoms with Gasteiger partial charge in [0.1, 0.15) is 22.9 Å². The van der Waals surface area contributed by atoms with Crippen LogP contribution in [0.15, 0.2) is 48.8 Å². The molecule has 2 N–H and O–H groups in total. The van der Waals surface area contributed by atoms with Crippen LogP contribution >= 0.6 is 0 Å². The zero-order valence-corrected chi connectivity index (χ0v) is 29.5. The van der Waals surface area contributed by atoms with Crippen LogP contribution in [0.4, 0.5) is 9.59 Å². The van der Waals surface area contributed by atoms with Crippen molar-refractivity contribution in [3.63, 3.8) is 0 Å². The molecule has 50 heavy (non-hydrogen) atoms. The van der Waals surface area contributed by atoms with E-state index in [4.69, 9.17) is 24.4 Å². The topological polar surface area (TPSA) is 142 Å². The minimum absolute atomic E-state index is 0.0929. The van der Waals surface area contributed by atoms with E-state index in [1.165, 1.54) is 0 Å². The van der Waals surface area contributed by atoms with E-state index >= 15 is 0 Å². The first-order valence-corrected chi connectivity index (χ1v) is 17.6. The summed E-state index contributed by atoms with van der Waals surface area (Å²) in [6, 6.07) is 12.4. The molecule has 5 aromatic rings. The SMILES string of the molecule is CC(C)(C)OC(=O)N1CCC[C@@]2(c3nc4ncc(-c5ccc(-c6cnc7nc([C@@H]8CCCN8C(=O)OC(C)(C)C)[nH]c7c6)cc5)cc4[nH]3)CC12. The lowest BCUT2D eigenvalue weighted by atomic mass is 9.95. The van der Waals surface area contributed by atoms with E-state index in [9.17, 15) is 9.59 Å². The molecule has 2 saturated heterocycles. The molecule has 1 aliphatic carbocycles. The Kier molecular flexibility index (Phi) is 7.43. The number of rotatable bonds is 4. The molecule has 6 heterocycles. The Labute approximate surface area is 291 Å². The first-order valence-electron chi connectivity index (χ1n) is 17.6. The maximum atomic E-state index is 12.9. The van der Waals surface area contributed by atoms with Crippen LogP contribution in [0.5, 0.6) is 0 Å². The van der Waals surface area contributed by atoms with Gasteiger partial charge in [0.25, 0.3) is 0 Å². The normalized spacial score (nSPS) is 22.2. The number of amides is 2. The molecule has 3 fully saturated rings. The summed E-state index contributed by atoms with van der Waals surface area (Å²) in [6.45, 7) is 12.7. The van der Waals surface area contributed by atoms with Gasteiger partial charge in [-0.05, 0) is 96.9 Å². The average molecular weight is 677 g/mol. The van der Waals surface area contributed by atoms with E-state index < -0.39 is 11.2 Å². The fourth-order valence-corrected chi connectivity index (χ4v) is 7.57. The number of likely N-dealkylation sites (tertiary alicyclic amines) is 2. The number of fused-ring (bicyclic) bond motifs is 3. The third-order valence-corrected chi connectivity index (χ3v) is 9.97. The highest BCUT2D eigenvalue weighted by Gasteiger charge is 2.63. The minimum atomic E-state index is -0.556. The Hall–Kier alpha value is -5.00. The van der Waals surface area contributed by atoms with Crippen LogP contribution in [0.2, 0.25) is 0 Å². The standard InChI is InChI=1S/C38H44N8O4/c1-36(2,3)49-34(47)45-15-7-9-28(45)32-41-26-17-24(20-39-30(26)43-32)22-10-12-23(13-11-22)25-18-27-31(40-21-25)44-33(42-27)38-14-8-16-46(29(38)19-38)35(48)50-37(4,5)6/h10-13,17-18,20-21,28-29H,7-9,14-16,19H2,1-6H3,(H,39,41,43)(H,40,42,44)/t28-,29?,38+/m0/s1. The molecule has 1 unspecified atom stereocenters. The molecule has 1 aromatic carbocycles. The fraction of sp³-hybridized carbons (Fsp3) is 0.474. The minimum Gasteiger partial charge on any atom is -0.444 e. The summed E-state index contributed by atoms with van der Waals surface area (Å²) >= 11 is 0. The summed E-state index contributed by atoms with van der Waals surface area (Å²) in [6.07, 6.45) is 7.63. The Morgan fingerprint density at radius 1 is 0.760 bits per heavy atom. The second kappa shape index (κ2) is 11.5. The van der Waals surface area contributed by atoms with Gasteiger partial charge in [0.15, 0.2) is 11.3 Å². The number of hydrogen-bond acceptors (Lipinski definition) is 8. The Balaban J connectivity index is 0.987. The van der Waals surface area contributed by atoms with E-state index in [2.05, 4.69) is 51.4 Å². The van der Waals surface area contributed by atoms with Crippen molar-refractivity contribution in [1.82, 2.24) is 39.7 Å². The van der Waals surface area contributed by atoms with E-state index in [0.717, 1.165) is 77.0 Å². The van der Waals surface area contributed by atoms with Gasteiger partial charge in [-0.15, -0.1) is 0 Å². The van der Waals surface area contributed by atoms with Crippen molar-refractivity contribution in [2.45, 2.75) is 102 Å². The second-order valence-corrected chi connectivity index (χ2v) is 16.0. The largest absolute Gasteiger partial charge is 0.444 e. The maximum absolute atomic E-state index is 12.9. The molecule has 1 saturated carbocycles. The van der Waals surface area contributed by atoms with Gasteiger partial charge < -0.3 is 24.3 Å². The molecule has 12 nitrogen and oxygen atoms in total. The van der Waals surface area contributed by atoms with E-state index in [-0.39, 0.29) is 29.7 Å². The number of imidazole rings is 2. The van der Waals surface area contributed by atoms with E-state index in [1.807, 2.05) is 58.8 Å². The molecule has 8 rings (SSSR count). The van der Waals surface area contributed by atoms with Crippen LogP contribution in [0.1, 0.15) is 91.3 Å². The maximum Gasteiger partial charge on any atom is 0.410 e. The number of aromatic amines is 2. The molecule has 2 amide bonds. The molecule has 260 valence electrons. The predicted molar refractivity (Wildman–Crippen MR) is 189 cm³/mol. The number of piperidine rings is 1. The van der Waals surface area contributed by atoms with Crippen LogP contribution in [0, 0.1) is 0 Å². The highest BCUT2D eigenvalue weighted by Crippen LogP contribution is 2.56. The molecule has 0 bridgehead atoms. The first-order chi connectivity index (χ1) is 23.8. The van der Waals surface area contributed by atoms with Crippen LogP contribution in [-0.2, 0) is 14.9 Å². The Bertz CT molecular complexity index is 2110. The molecule has 3 aliphatic rings. The number of pyridine rings is 2.